The Morgan fingerprint density at radius 3 is 2.33 bits per heavy atom. The minimum Gasteiger partial charge on any atom is -0.493 e. The molecule has 0 radical (unpaired) electrons. The molecule has 0 aromatic heterocycles. The molecule has 0 aliphatic rings. The molecule has 5 nitrogen and oxygen atoms in total. The molecule has 0 aliphatic carbocycles. The maximum Gasteiger partial charge on any atom is 0.191 e. The van der Waals surface area contributed by atoms with Crippen molar-refractivity contribution in [3.63, 3.8) is 0 Å². The summed E-state index contributed by atoms with van der Waals surface area (Å²) in [6.07, 6.45) is 1.67. The van der Waals surface area contributed by atoms with Crippen LogP contribution < -0.4 is 20.2 Å². The SMILES string of the molecule is COc1ccc(/C=N/NC(=S)Nc2c(C)cccc2C)cc1OC. The summed E-state index contributed by atoms with van der Waals surface area (Å²) in [6.45, 7) is 4.07. The predicted molar refractivity (Wildman–Crippen MR) is 102 cm³/mol. The van der Waals surface area contributed by atoms with Crippen LogP contribution in [0.4, 0.5) is 5.69 Å². The molecule has 6 heteroatoms. The molecule has 0 spiro atoms. The largest absolute Gasteiger partial charge is 0.493 e. The van der Waals surface area contributed by atoms with Gasteiger partial charge >= 0.3 is 0 Å². The van der Waals surface area contributed by atoms with Crippen molar-refractivity contribution in [3.05, 3.63) is 53.1 Å². The molecule has 2 N–H and O–H groups in total. The molecule has 24 heavy (non-hydrogen) atoms. The second-order valence-corrected chi connectivity index (χ2v) is 5.61. The summed E-state index contributed by atoms with van der Waals surface area (Å²) in [5, 5.41) is 7.75. The molecule has 0 bridgehead atoms. The minimum absolute atomic E-state index is 0.434. The highest BCUT2D eigenvalue weighted by atomic mass is 32.1. The van der Waals surface area contributed by atoms with Crippen molar-refractivity contribution < 1.29 is 9.47 Å². The number of hydrogen-bond donors (Lipinski definition) is 2. The van der Waals surface area contributed by atoms with Crippen LogP contribution in [0.2, 0.25) is 0 Å². The number of nitrogens with zero attached hydrogens (tertiary/aromatic N) is 1. The van der Waals surface area contributed by atoms with Gasteiger partial charge in [-0.1, -0.05) is 18.2 Å². The molecule has 0 amide bonds. The predicted octanol–water partition coefficient (Wildman–Crippen LogP) is 3.64. The molecule has 0 saturated carbocycles. The summed E-state index contributed by atoms with van der Waals surface area (Å²) in [6, 6.07) is 11.6. The third kappa shape index (κ3) is 4.45. The lowest BCUT2D eigenvalue weighted by atomic mass is 10.1. The third-order valence-electron chi connectivity index (χ3n) is 3.51. The number of aryl methyl sites for hydroxylation is 2. The standard InChI is InChI=1S/C18H21N3O2S/c1-12-6-5-7-13(2)17(12)20-18(24)21-19-11-14-8-9-15(22-3)16(10-14)23-4/h5-11H,1-4H3,(H2,20,21,24)/b19-11+. The quantitative estimate of drug-likeness (QED) is 0.493. The summed E-state index contributed by atoms with van der Waals surface area (Å²) in [4.78, 5) is 0. The van der Waals surface area contributed by atoms with E-state index >= 15 is 0 Å². The maximum atomic E-state index is 5.28. The number of methoxy groups -OCH3 is 2. The van der Waals surface area contributed by atoms with E-state index in [0.717, 1.165) is 22.4 Å². The molecule has 0 aliphatic heterocycles. The van der Waals surface area contributed by atoms with Crippen LogP contribution in [0.1, 0.15) is 16.7 Å². The van der Waals surface area contributed by atoms with Crippen molar-refractivity contribution in [3.8, 4) is 11.5 Å². The van der Waals surface area contributed by atoms with Gasteiger partial charge in [-0.05, 0) is 61.0 Å². The van der Waals surface area contributed by atoms with E-state index in [2.05, 4.69) is 15.8 Å². The van der Waals surface area contributed by atoms with Gasteiger partial charge in [-0.25, -0.2) is 0 Å². The Morgan fingerprint density at radius 1 is 1.04 bits per heavy atom. The molecule has 2 aromatic carbocycles. The Balaban J connectivity index is 2.00. The van der Waals surface area contributed by atoms with Crippen molar-refractivity contribution in [1.29, 1.82) is 0 Å². The number of nitrogens with one attached hydrogen (secondary N) is 2. The first kappa shape index (κ1) is 17.7. The van der Waals surface area contributed by atoms with Gasteiger partial charge in [-0.2, -0.15) is 5.10 Å². The fraction of sp³-hybridized carbons (Fsp3) is 0.222. The number of ether oxygens (including phenoxy) is 2. The van der Waals surface area contributed by atoms with Gasteiger partial charge in [0.1, 0.15) is 0 Å². The first-order valence-electron chi connectivity index (χ1n) is 7.43. The number of thiocarbonyl (C=S) groups is 1. The Kier molecular flexibility index (Phi) is 6.14. The molecule has 2 aromatic rings. The molecule has 0 atom stereocenters. The van der Waals surface area contributed by atoms with E-state index in [1.54, 1.807) is 20.4 Å². The summed E-state index contributed by atoms with van der Waals surface area (Å²) >= 11 is 5.28. The van der Waals surface area contributed by atoms with E-state index < -0.39 is 0 Å². The molecule has 126 valence electrons. The summed E-state index contributed by atoms with van der Waals surface area (Å²) in [7, 11) is 3.20. The Hall–Kier alpha value is -2.60. The van der Waals surface area contributed by atoms with Gasteiger partial charge < -0.3 is 14.8 Å². The summed E-state index contributed by atoms with van der Waals surface area (Å²) in [5.41, 5.74) is 6.94. The number of anilines is 1. The van der Waals surface area contributed by atoms with E-state index in [-0.39, 0.29) is 0 Å². The van der Waals surface area contributed by atoms with Crippen molar-refractivity contribution >= 4 is 29.2 Å². The van der Waals surface area contributed by atoms with Gasteiger partial charge in [0, 0.05) is 5.69 Å². The highest BCUT2D eigenvalue weighted by Crippen LogP contribution is 2.26. The smallest absolute Gasteiger partial charge is 0.191 e. The van der Waals surface area contributed by atoms with Crippen LogP contribution in [-0.2, 0) is 0 Å². The highest BCUT2D eigenvalue weighted by Gasteiger charge is 2.04. The summed E-state index contributed by atoms with van der Waals surface area (Å²) in [5.74, 6) is 1.33. The van der Waals surface area contributed by atoms with Crippen molar-refractivity contribution in [2.24, 2.45) is 5.10 Å². The van der Waals surface area contributed by atoms with Crippen LogP contribution in [-0.4, -0.2) is 25.5 Å². The van der Waals surface area contributed by atoms with Gasteiger partial charge in [0.2, 0.25) is 0 Å². The monoisotopic (exact) mass is 343 g/mol. The second-order valence-electron chi connectivity index (χ2n) is 5.21. The Labute approximate surface area is 147 Å². The first-order valence-corrected chi connectivity index (χ1v) is 7.84. The number of para-hydroxylation sites is 1. The number of rotatable bonds is 5. The van der Waals surface area contributed by atoms with Crippen LogP contribution in [0.5, 0.6) is 11.5 Å². The zero-order valence-electron chi connectivity index (χ0n) is 14.2. The molecule has 0 unspecified atom stereocenters. The van der Waals surface area contributed by atoms with Gasteiger partial charge in [0.05, 0.1) is 20.4 Å². The fourth-order valence-electron chi connectivity index (χ4n) is 2.25. The van der Waals surface area contributed by atoms with E-state index in [4.69, 9.17) is 21.7 Å². The van der Waals surface area contributed by atoms with E-state index in [1.807, 2.05) is 50.2 Å². The maximum absolute atomic E-state index is 5.28. The molecule has 2 rings (SSSR count). The van der Waals surface area contributed by atoms with Crippen LogP contribution in [0, 0.1) is 13.8 Å². The third-order valence-corrected chi connectivity index (χ3v) is 3.70. The van der Waals surface area contributed by atoms with E-state index in [1.165, 1.54) is 0 Å². The van der Waals surface area contributed by atoms with Gasteiger partial charge in [0.25, 0.3) is 0 Å². The van der Waals surface area contributed by atoms with Crippen molar-refractivity contribution in [2.75, 3.05) is 19.5 Å². The second kappa shape index (κ2) is 8.31. The van der Waals surface area contributed by atoms with Crippen LogP contribution >= 0.6 is 12.2 Å². The molecule has 0 heterocycles. The number of benzene rings is 2. The number of hydrogen-bond acceptors (Lipinski definition) is 4. The van der Waals surface area contributed by atoms with Crippen molar-refractivity contribution in [2.45, 2.75) is 13.8 Å². The lowest BCUT2D eigenvalue weighted by Crippen LogP contribution is -2.24. The topological polar surface area (TPSA) is 54.9 Å². The van der Waals surface area contributed by atoms with E-state index in [9.17, 15) is 0 Å². The lowest BCUT2D eigenvalue weighted by molar-refractivity contribution is 0.355. The highest BCUT2D eigenvalue weighted by molar-refractivity contribution is 7.80. The first-order chi connectivity index (χ1) is 11.5. The Morgan fingerprint density at radius 2 is 1.71 bits per heavy atom. The van der Waals surface area contributed by atoms with E-state index in [0.29, 0.717) is 16.6 Å². The van der Waals surface area contributed by atoms with Crippen LogP contribution in [0.15, 0.2) is 41.5 Å². The fourth-order valence-corrected chi connectivity index (χ4v) is 2.41. The molecular weight excluding hydrogens is 322 g/mol. The average Bonchev–Trinajstić information content (AvgIpc) is 2.58. The molecule has 0 saturated heterocycles. The van der Waals surface area contributed by atoms with Gasteiger partial charge in [-0.15, -0.1) is 0 Å². The Bertz CT molecular complexity index is 740. The molecule has 0 fully saturated rings. The normalized spacial score (nSPS) is 10.5. The van der Waals surface area contributed by atoms with Crippen LogP contribution in [0.3, 0.4) is 0 Å². The average molecular weight is 343 g/mol. The zero-order valence-corrected chi connectivity index (χ0v) is 15.0. The van der Waals surface area contributed by atoms with Gasteiger partial charge in [0.15, 0.2) is 16.6 Å². The summed E-state index contributed by atoms with van der Waals surface area (Å²) < 4.78 is 10.5. The minimum atomic E-state index is 0.434. The molecular formula is C18H21N3O2S. The van der Waals surface area contributed by atoms with Gasteiger partial charge in [-0.3, -0.25) is 5.43 Å². The van der Waals surface area contributed by atoms with Crippen LogP contribution in [0.25, 0.3) is 0 Å². The van der Waals surface area contributed by atoms with Crippen molar-refractivity contribution in [1.82, 2.24) is 5.43 Å². The zero-order chi connectivity index (χ0) is 17.5. The number of hydrazone groups is 1. The lowest BCUT2D eigenvalue weighted by Gasteiger charge is -2.12.